The number of H-pyrrole nitrogens is 1. The van der Waals surface area contributed by atoms with Crippen molar-refractivity contribution in [2.75, 3.05) is 0 Å². The van der Waals surface area contributed by atoms with Crippen LogP contribution in [0.15, 0.2) is 42.9 Å². The summed E-state index contributed by atoms with van der Waals surface area (Å²) < 4.78 is 42.0. The van der Waals surface area contributed by atoms with Crippen LogP contribution in [0.5, 0.6) is 0 Å². The third-order valence-corrected chi connectivity index (χ3v) is 3.61. The summed E-state index contributed by atoms with van der Waals surface area (Å²) in [6, 6.07) is 5.29. The molecular weight excluding hydrogens is 291 g/mol. The highest BCUT2D eigenvalue weighted by Crippen LogP contribution is 2.34. The number of nitrogens with zero attached hydrogens (tertiary/aromatic N) is 2. The first kappa shape index (κ1) is 12.8. The molecule has 1 N–H and O–H groups in total. The lowest BCUT2D eigenvalue weighted by atomic mass is 10.0. The SMILES string of the molecule is Fc1ccc(-c2c(F)cc3c([nH]c4ccncc43)c2F)cn1. The van der Waals surface area contributed by atoms with Gasteiger partial charge in [0, 0.05) is 40.4 Å². The Labute approximate surface area is 122 Å². The van der Waals surface area contributed by atoms with Crippen molar-refractivity contribution in [2.24, 2.45) is 0 Å². The number of nitrogens with one attached hydrogen (secondary N) is 1. The van der Waals surface area contributed by atoms with Gasteiger partial charge in [-0.15, -0.1) is 0 Å². The number of halogens is 3. The number of pyridine rings is 2. The van der Waals surface area contributed by atoms with E-state index in [2.05, 4.69) is 15.0 Å². The first-order valence-electron chi connectivity index (χ1n) is 6.50. The van der Waals surface area contributed by atoms with Gasteiger partial charge in [0.1, 0.15) is 5.82 Å². The zero-order chi connectivity index (χ0) is 15.3. The summed E-state index contributed by atoms with van der Waals surface area (Å²) in [5.74, 6) is -2.18. The standard InChI is InChI=1S/C16H8F3N3/c17-11-5-9-10-7-20-4-3-12(10)22-16(9)15(19)14(11)8-1-2-13(18)21-6-8/h1-7,22H. The summed E-state index contributed by atoms with van der Waals surface area (Å²) in [4.78, 5) is 10.3. The van der Waals surface area contributed by atoms with E-state index >= 15 is 0 Å². The van der Waals surface area contributed by atoms with Crippen molar-refractivity contribution in [1.29, 1.82) is 0 Å². The molecule has 3 nitrogen and oxygen atoms in total. The zero-order valence-corrected chi connectivity index (χ0v) is 11.1. The molecule has 0 spiro atoms. The molecule has 0 unspecified atom stereocenters. The third-order valence-electron chi connectivity index (χ3n) is 3.61. The number of fused-ring (bicyclic) bond motifs is 3. The maximum Gasteiger partial charge on any atom is 0.212 e. The predicted molar refractivity (Wildman–Crippen MR) is 76.7 cm³/mol. The van der Waals surface area contributed by atoms with Gasteiger partial charge in [-0.05, 0) is 24.3 Å². The Morgan fingerprint density at radius 2 is 1.82 bits per heavy atom. The van der Waals surface area contributed by atoms with Crippen LogP contribution in [0.1, 0.15) is 0 Å². The molecule has 0 fully saturated rings. The van der Waals surface area contributed by atoms with Gasteiger partial charge < -0.3 is 4.98 Å². The summed E-state index contributed by atoms with van der Waals surface area (Å²) in [5.41, 5.74) is 0.788. The van der Waals surface area contributed by atoms with Crippen LogP contribution >= 0.6 is 0 Å². The average Bonchev–Trinajstić information content (AvgIpc) is 2.88. The second-order valence-electron chi connectivity index (χ2n) is 4.89. The molecule has 0 aliphatic heterocycles. The van der Waals surface area contributed by atoms with E-state index in [1.807, 2.05) is 0 Å². The molecule has 0 aliphatic carbocycles. The molecule has 0 atom stereocenters. The van der Waals surface area contributed by atoms with Crippen LogP contribution in [0, 0.1) is 17.6 Å². The third kappa shape index (κ3) is 1.77. The van der Waals surface area contributed by atoms with Crippen LogP contribution in [0.4, 0.5) is 13.2 Å². The summed E-state index contributed by atoms with van der Waals surface area (Å²) >= 11 is 0. The van der Waals surface area contributed by atoms with E-state index < -0.39 is 17.6 Å². The first-order chi connectivity index (χ1) is 10.6. The van der Waals surface area contributed by atoms with E-state index in [1.165, 1.54) is 12.1 Å². The lowest BCUT2D eigenvalue weighted by molar-refractivity contribution is 0.581. The van der Waals surface area contributed by atoms with Crippen molar-refractivity contribution >= 4 is 21.8 Å². The molecule has 0 saturated carbocycles. The molecular formula is C16H8F3N3. The Bertz CT molecular complexity index is 1010. The van der Waals surface area contributed by atoms with Crippen molar-refractivity contribution in [3.05, 3.63) is 60.4 Å². The second kappa shape index (κ2) is 4.56. The summed E-state index contributed by atoms with van der Waals surface area (Å²) in [5, 5.41) is 1.05. The van der Waals surface area contributed by atoms with Gasteiger partial charge in [-0.2, -0.15) is 4.39 Å². The van der Waals surface area contributed by atoms with Crippen molar-refractivity contribution < 1.29 is 13.2 Å². The van der Waals surface area contributed by atoms with Gasteiger partial charge >= 0.3 is 0 Å². The maximum atomic E-state index is 14.7. The Balaban J connectivity index is 2.08. The molecule has 22 heavy (non-hydrogen) atoms. The minimum absolute atomic E-state index is 0.176. The molecule has 3 aromatic heterocycles. The Morgan fingerprint density at radius 1 is 0.955 bits per heavy atom. The number of aromatic nitrogens is 3. The Kier molecular flexibility index (Phi) is 2.66. The summed E-state index contributed by atoms with van der Waals surface area (Å²) in [6.07, 6.45) is 4.22. The van der Waals surface area contributed by atoms with E-state index in [-0.39, 0.29) is 16.6 Å². The Hall–Kier alpha value is -2.89. The van der Waals surface area contributed by atoms with Crippen LogP contribution in [-0.2, 0) is 0 Å². The fourth-order valence-corrected chi connectivity index (χ4v) is 2.59. The minimum atomic E-state index is -0.736. The van der Waals surface area contributed by atoms with Crippen LogP contribution in [0.25, 0.3) is 32.9 Å². The molecule has 3 heterocycles. The molecule has 0 aliphatic rings. The van der Waals surface area contributed by atoms with Crippen molar-refractivity contribution in [2.45, 2.75) is 0 Å². The molecule has 1 aromatic carbocycles. The van der Waals surface area contributed by atoms with E-state index in [0.29, 0.717) is 16.3 Å². The molecule has 0 bridgehead atoms. The quantitative estimate of drug-likeness (QED) is 0.535. The normalized spacial score (nSPS) is 11.4. The van der Waals surface area contributed by atoms with Crippen LogP contribution in [-0.4, -0.2) is 15.0 Å². The first-order valence-corrected chi connectivity index (χ1v) is 6.50. The molecule has 6 heteroatoms. The predicted octanol–water partition coefficient (Wildman–Crippen LogP) is 4.20. The highest BCUT2D eigenvalue weighted by molar-refractivity contribution is 6.08. The average molecular weight is 299 g/mol. The number of hydrogen-bond acceptors (Lipinski definition) is 2. The lowest BCUT2D eigenvalue weighted by Gasteiger charge is -2.06. The highest BCUT2D eigenvalue weighted by Gasteiger charge is 2.19. The van der Waals surface area contributed by atoms with E-state index in [1.54, 1.807) is 18.5 Å². The molecule has 0 radical (unpaired) electrons. The molecule has 108 valence electrons. The molecule has 0 amide bonds. The summed E-state index contributed by atoms with van der Waals surface area (Å²) in [7, 11) is 0. The van der Waals surface area contributed by atoms with Gasteiger partial charge in [0.15, 0.2) is 5.82 Å². The zero-order valence-electron chi connectivity index (χ0n) is 11.1. The molecule has 4 aromatic rings. The van der Waals surface area contributed by atoms with Gasteiger partial charge in [-0.3, -0.25) is 4.98 Å². The number of aromatic amines is 1. The number of rotatable bonds is 1. The minimum Gasteiger partial charge on any atom is -0.352 e. The Morgan fingerprint density at radius 3 is 2.59 bits per heavy atom. The van der Waals surface area contributed by atoms with Crippen LogP contribution in [0.2, 0.25) is 0 Å². The molecule has 4 rings (SSSR count). The largest absolute Gasteiger partial charge is 0.352 e. The maximum absolute atomic E-state index is 14.7. The van der Waals surface area contributed by atoms with Gasteiger partial charge in [0.05, 0.1) is 11.1 Å². The monoisotopic (exact) mass is 299 g/mol. The number of benzene rings is 1. The van der Waals surface area contributed by atoms with Crippen LogP contribution in [0.3, 0.4) is 0 Å². The van der Waals surface area contributed by atoms with Gasteiger partial charge in [0.2, 0.25) is 5.95 Å². The molecule has 0 saturated heterocycles. The van der Waals surface area contributed by atoms with E-state index in [0.717, 1.165) is 12.3 Å². The van der Waals surface area contributed by atoms with Crippen molar-refractivity contribution in [3.63, 3.8) is 0 Å². The van der Waals surface area contributed by atoms with E-state index in [9.17, 15) is 13.2 Å². The van der Waals surface area contributed by atoms with Crippen LogP contribution < -0.4 is 0 Å². The van der Waals surface area contributed by atoms with Gasteiger partial charge in [-0.1, -0.05) is 0 Å². The van der Waals surface area contributed by atoms with Gasteiger partial charge in [0.25, 0.3) is 0 Å². The van der Waals surface area contributed by atoms with E-state index in [4.69, 9.17) is 0 Å². The number of hydrogen-bond donors (Lipinski definition) is 1. The van der Waals surface area contributed by atoms with Crippen molar-refractivity contribution in [1.82, 2.24) is 15.0 Å². The highest BCUT2D eigenvalue weighted by atomic mass is 19.1. The lowest BCUT2D eigenvalue weighted by Crippen LogP contribution is -1.93. The van der Waals surface area contributed by atoms with Gasteiger partial charge in [-0.25, -0.2) is 13.8 Å². The smallest absolute Gasteiger partial charge is 0.212 e. The fraction of sp³-hybridized carbons (Fsp3) is 0. The topological polar surface area (TPSA) is 41.6 Å². The van der Waals surface area contributed by atoms with Crippen molar-refractivity contribution in [3.8, 4) is 11.1 Å². The fourth-order valence-electron chi connectivity index (χ4n) is 2.59. The second-order valence-corrected chi connectivity index (χ2v) is 4.89. The summed E-state index contributed by atoms with van der Waals surface area (Å²) in [6.45, 7) is 0.